The molecule has 1 aromatic heterocycles. The standard InChI is InChI=1S/C26H31N3O6S3/c1-18-11-13-28(14-12-18)38(33,34)21-7-5-19(6-8-21)25(30)29(17-20-4-3-15-35-20)26-27-23-10-9-22(37(2,31)32)16-24(23)36-26/h5-10,16,18,20H,3-4,11-15,17H2,1-2H3. The molecular formula is C26H31N3O6S3. The van der Waals surface area contributed by atoms with Crippen molar-refractivity contribution in [1.29, 1.82) is 0 Å². The number of ether oxygens (including phenoxy) is 1. The molecule has 0 radical (unpaired) electrons. The van der Waals surface area contributed by atoms with Crippen LogP contribution in [0, 0.1) is 5.92 Å². The smallest absolute Gasteiger partial charge is 0.260 e. The summed E-state index contributed by atoms with van der Waals surface area (Å²) in [5, 5.41) is 0.435. The fraction of sp³-hybridized carbons (Fsp3) is 0.462. The predicted octanol–water partition coefficient (Wildman–Crippen LogP) is 3.95. The SMILES string of the molecule is CC1CCN(S(=O)(=O)c2ccc(C(=O)N(CC3CCCO3)c3nc4ccc(S(C)(=O)=O)cc4s3)cc2)CC1. The van der Waals surface area contributed by atoms with Gasteiger partial charge in [0.05, 0.1) is 32.7 Å². The van der Waals surface area contributed by atoms with Crippen LogP contribution in [-0.4, -0.2) is 70.6 Å². The summed E-state index contributed by atoms with van der Waals surface area (Å²) in [7, 11) is -7.01. The van der Waals surface area contributed by atoms with Crippen molar-refractivity contribution in [1.82, 2.24) is 9.29 Å². The number of nitrogens with zero attached hydrogens (tertiary/aromatic N) is 3. The van der Waals surface area contributed by atoms with Gasteiger partial charge in [0, 0.05) is 31.5 Å². The number of fused-ring (bicyclic) bond motifs is 1. The first-order valence-corrected chi connectivity index (χ1v) is 16.8. The number of piperidine rings is 1. The molecule has 2 aliphatic rings. The van der Waals surface area contributed by atoms with Crippen molar-refractivity contribution in [2.45, 2.75) is 48.5 Å². The number of rotatable bonds is 7. The van der Waals surface area contributed by atoms with Gasteiger partial charge in [-0.15, -0.1) is 0 Å². The number of benzene rings is 2. The van der Waals surface area contributed by atoms with Gasteiger partial charge in [-0.05, 0) is 74.1 Å². The summed E-state index contributed by atoms with van der Waals surface area (Å²) in [6.07, 6.45) is 4.41. The highest BCUT2D eigenvalue weighted by Crippen LogP contribution is 2.33. The van der Waals surface area contributed by atoms with Gasteiger partial charge in [-0.3, -0.25) is 9.69 Å². The summed E-state index contributed by atoms with van der Waals surface area (Å²) < 4.78 is 58.2. The van der Waals surface area contributed by atoms with E-state index in [0.29, 0.717) is 53.1 Å². The van der Waals surface area contributed by atoms with Crippen LogP contribution in [0.4, 0.5) is 5.13 Å². The predicted molar refractivity (Wildman–Crippen MR) is 147 cm³/mol. The van der Waals surface area contributed by atoms with Gasteiger partial charge in [0.25, 0.3) is 5.91 Å². The van der Waals surface area contributed by atoms with Crippen LogP contribution in [0.3, 0.4) is 0 Å². The molecule has 2 aliphatic heterocycles. The van der Waals surface area contributed by atoms with Crippen LogP contribution in [0.2, 0.25) is 0 Å². The molecule has 3 aromatic rings. The lowest BCUT2D eigenvalue weighted by atomic mass is 10.0. The Morgan fingerprint density at radius 3 is 2.37 bits per heavy atom. The zero-order valence-corrected chi connectivity index (χ0v) is 23.8. The van der Waals surface area contributed by atoms with Gasteiger partial charge in [-0.25, -0.2) is 21.8 Å². The molecule has 0 saturated carbocycles. The maximum atomic E-state index is 13.7. The maximum absolute atomic E-state index is 13.7. The molecule has 0 spiro atoms. The molecule has 1 atom stereocenters. The van der Waals surface area contributed by atoms with Crippen LogP contribution in [-0.2, 0) is 24.6 Å². The third kappa shape index (κ3) is 5.64. The molecule has 0 aliphatic carbocycles. The number of sulfonamides is 1. The average molecular weight is 578 g/mol. The number of thiazole rings is 1. The normalized spacial score (nSPS) is 19.7. The Kier molecular flexibility index (Phi) is 7.62. The molecular weight excluding hydrogens is 547 g/mol. The van der Waals surface area contributed by atoms with Crippen LogP contribution >= 0.6 is 11.3 Å². The molecule has 3 heterocycles. The topological polar surface area (TPSA) is 114 Å². The van der Waals surface area contributed by atoms with E-state index in [9.17, 15) is 21.6 Å². The van der Waals surface area contributed by atoms with Gasteiger partial charge < -0.3 is 4.74 Å². The van der Waals surface area contributed by atoms with Crippen LogP contribution in [0.15, 0.2) is 52.3 Å². The number of amides is 1. The number of carbonyl (C=O) groups excluding carboxylic acids is 1. The molecule has 2 saturated heterocycles. The Hall–Kier alpha value is -2.38. The van der Waals surface area contributed by atoms with E-state index < -0.39 is 19.9 Å². The fourth-order valence-electron chi connectivity index (χ4n) is 4.78. The Morgan fingerprint density at radius 1 is 1.05 bits per heavy atom. The minimum absolute atomic E-state index is 0.140. The number of carbonyl (C=O) groups is 1. The summed E-state index contributed by atoms with van der Waals surface area (Å²) in [4.78, 5) is 20.2. The number of sulfone groups is 1. The van der Waals surface area contributed by atoms with Crippen molar-refractivity contribution in [3.63, 3.8) is 0 Å². The lowest BCUT2D eigenvalue weighted by molar-refractivity contribution is 0.0917. The van der Waals surface area contributed by atoms with Gasteiger partial charge in [-0.2, -0.15) is 4.31 Å². The first-order chi connectivity index (χ1) is 18.0. The van der Waals surface area contributed by atoms with Gasteiger partial charge in [0.1, 0.15) is 0 Å². The molecule has 1 unspecified atom stereocenters. The van der Waals surface area contributed by atoms with Gasteiger partial charge in [-0.1, -0.05) is 18.3 Å². The lowest BCUT2D eigenvalue weighted by Gasteiger charge is -2.29. The Balaban J connectivity index is 1.44. The molecule has 2 aromatic carbocycles. The summed E-state index contributed by atoms with van der Waals surface area (Å²) in [6.45, 7) is 4.05. The van der Waals surface area contributed by atoms with E-state index in [1.165, 1.54) is 33.8 Å². The number of hydrogen-bond donors (Lipinski definition) is 0. The second-order valence-corrected chi connectivity index (χ2v) is 15.0. The molecule has 0 N–H and O–H groups in total. The first-order valence-electron chi connectivity index (χ1n) is 12.7. The third-order valence-corrected chi connectivity index (χ3v) is 11.2. The van der Waals surface area contributed by atoms with Gasteiger partial charge in [0.15, 0.2) is 15.0 Å². The fourth-order valence-corrected chi connectivity index (χ4v) is 7.98. The average Bonchev–Trinajstić information content (AvgIpc) is 3.56. The zero-order chi connectivity index (χ0) is 27.1. The number of anilines is 1. The van der Waals surface area contributed by atoms with Crippen molar-refractivity contribution < 1.29 is 26.4 Å². The zero-order valence-electron chi connectivity index (χ0n) is 21.4. The van der Waals surface area contributed by atoms with E-state index in [1.807, 2.05) is 0 Å². The largest absolute Gasteiger partial charge is 0.376 e. The quantitative estimate of drug-likeness (QED) is 0.418. The highest BCUT2D eigenvalue weighted by Gasteiger charge is 2.30. The second-order valence-electron chi connectivity index (χ2n) is 10.1. The summed E-state index contributed by atoms with van der Waals surface area (Å²) >= 11 is 1.24. The van der Waals surface area contributed by atoms with Crippen LogP contribution in [0.1, 0.15) is 43.0 Å². The van der Waals surface area contributed by atoms with Crippen LogP contribution in [0.5, 0.6) is 0 Å². The highest BCUT2D eigenvalue weighted by atomic mass is 32.2. The Bertz CT molecular complexity index is 1540. The molecule has 12 heteroatoms. The van der Waals surface area contributed by atoms with Crippen molar-refractivity contribution in [3.05, 3.63) is 48.0 Å². The number of aromatic nitrogens is 1. The molecule has 204 valence electrons. The summed E-state index contributed by atoms with van der Waals surface area (Å²) in [5.74, 6) is 0.190. The van der Waals surface area contributed by atoms with Crippen LogP contribution < -0.4 is 4.90 Å². The van der Waals surface area contributed by atoms with Crippen molar-refractivity contribution in [3.8, 4) is 0 Å². The first kappa shape index (κ1) is 27.2. The minimum atomic E-state index is -3.62. The highest BCUT2D eigenvalue weighted by molar-refractivity contribution is 7.90. The molecule has 5 rings (SSSR count). The molecule has 0 bridgehead atoms. The van der Waals surface area contributed by atoms with E-state index in [0.717, 1.165) is 31.9 Å². The van der Waals surface area contributed by atoms with E-state index in [1.54, 1.807) is 29.2 Å². The van der Waals surface area contributed by atoms with Gasteiger partial charge >= 0.3 is 0 Å². The van der Waals surface area contributed by atoms with Crippen LogP contribution in [0.25, 0.3) is 10.2 Å². The summed E-state index contributed by atoms with van der Waals surface area (Å²) in [5.41, 5.74) is 0.935. The van der Waals surface area contributed by atoms with Crippen molar-refractivity contribution >= 4 is 52.5 Å². The molecule has 1 amide bonds. The minimum Gasteiger partial charge on any atom is -0.376 e. The Labute approximate surface area is 227 Å². The lowest BCUT2D eigenvalue weighted by Crippen LogP contribution is -2.38. The monoisotopic (exact) mass is 577 g/mol. The Morgan fingerprint density at radius 2 is 1.74 bits per heavy atom. The van der Waals surface area contributed by atoms with E-state index in [4.69, 9.17) is 4.74 Å². The molecule has 38 heavy (non-hydrogen) atoms. The number of hydrogen-bond acceptors (Lipinski definition) is 8. The van der Waals surface area contributed by atoms with Crippen molar-refractivity contribution in [2.75, 3.05) is 37.4 Å². The van der Waals surface area contributed by atoms with E-state index in [-0.39, 0.29) is 21.8 Å². The van der Waals surface area contributed by atoms with Crippen molar-refractivity contribution in [2.24, 2.45) is 5.92 Å². The molecule has 9 nitrogen and oxygen atoms in total. The third-order valence-electron chi connectivity index (χ3n) is 7.14. The van der Waals surface area contributed by atoms with E-state index >= 15 is 0 Å². The van der Waals surface area contributed by atoms with Gasteiger partial charge in [0.2, 0.25) is 10.0 Å². The maximum Gasteiger partial charge on any atom is 0.260 e. The second kappa shape index (κ2) is 10.6. The molecule has 2 fully saturated rings. The van der Waals surface area contributed by atoms with E-state index in [2.05, 4.69) is 11.9 Å². The summed E-state index contributed by atoms with van der Waals surface area (Å²) in [6, 6.07) is 10.8.